The van der Waals surface area contributed by atoms with E-state index in [1.165, 1.54) is 0 Å². The number of aromatic amines is 1. The summed E-state index contributed by atoms with van der Waals surface area (Å²) >= 11 is 0. The van der Waals surface area contributed by atoms with Gasteiger partial charge < -0.3 is 21.7 Å². The molecule has 9 nitrogen and oxygen atoms in total. The molecular formula is C24H26N8O. The molecular weight excluding hydrogens is 416 g/mol. The molecule has 1 atom stereocenters. The Hall–Kier alpha value is -4.14. The van der Waals surface area contributed by atoms with Gasteiger partial charge in [0.2, 0.25) is 11.9 Å². The van der Waals surface area contributed by atoms with E-state index in [4.69, 9.17) is 11.5 Å². The number of anilines is 3. The van der Waals surface area contributed by atoms with Gasteiger partial charge in [0.25, 0.3) is 0 Å². The highest BCUT2D eigenvalue weighted by Gasteiger charge is 2.27. The first kappa shape index (κ1) is 20.7. The molecule has 1 fully saturated rings. The molecule has 1 saturated heterocycles. The molecule has 0 aliphatic carbocycles. The van der Waals surface area contributed by atoms with Crippen LogP contribution < -0.4 is 21.7 Å². The maximum atomic E-state index is 12.8. The van der Waals surface area contributed by atoms with Crippen LogP contribution in [-0.4, -0.2) is 39.2 Å². The second-order valence-corrected chi connectivity index (χ2v) is 8.33. The highest BCUT2D eigenvalue weighted by Crippen LogP contribution is 2.29. The molecule has 0 saturated carbocycles. The number of hydrogen-bond acceptors (Lipinski definition) is 7. The third-order valence-corrected chi connectivity index (χ3v) is 6.04. The topological polar surface area (TPSA) is 139 Å². The SMILES string of the molecule is Nc1nc(-c2ccc3c(N)n[nH]c3c2)cc(N2CCC[C@H](C(=O)NCc3ccccc3)C2)n1. The maximum absolute atomic E-state index is 12.8. The zero-order valence-electron chi connectivity index (χ0n) is 18.2. The first-order valence-electron chi connectivity index (χ1n) is 11.0. The lowest BCUT2D eigenvalue weighted by molar-refractivity contribution is -0.125. The predicted molar refractivity (Wildman–Crippen MR) is 129 cm³/mol. The van der Waals surface area contributed by atoms with Gasteiger partial charge in [-0.25, -0.2) is 4.98 Å². The molecule has 168 valence electrons. The van der Waals surface area contributed by atoms with Gasteiger partial charge in [0.1, 0.15) is 5.82 Å². The van der Waals surface area contributed by atoms with Crippen LogP contribution in [0.15, 0.2) is 54.6 Å². The number of fused-ring (bicyclic) bond motifs is 1. The highest BCUT2D eigenvalue weighted by atomic mass is 16.1. The van der Waals surface area contributed by atoms with E-state index >= 15 is 0 Å². The second kappa shape index (κ2) is 8.78. The number of nitrogens with one attached hydrogen (secondary N) is 2. The fraction of sp³-hybridized carbons (Fsp3) is 0.250. The van der Waals surface area contributed by atoms with E-state index in [2.05, 4.69) is 30.4 Å². The standard InChI is InChI=1S/C24H26N8O/c25-22-18-9-8-16(11-20(18)30-31-22)19-12-21(29-24(26)28-19)32-10-4-7-17(14-32)23(33)27-13-15-5-2-1-3-6-15/h1-3,5-6,8-9,11-12,17H,4,7,10,13-14H2,(H,27,33)(H3,25,30,31)(H2,26,28,29)/t17-/m0/s1. The molecule has 0 spiro atoms. The monoisotopic (exact) mass is 442 g/mol. The lowest BCUT2D eigenvalue weighted by Crippen LogP contribution is -2.43. The van der Waals surface area contributed by atoms with Crippen molar-refractivity contribution in [2.24, 2.45) is 5.92 Å². The average Bonchev–Trinajstić information content (AvgIpc) is 3.23. The van der Waals surface area contributed by atoms with E-state index in [0.717, 1.165) is 47.2 Å². The van der Waals surface area contributed by atoms with E-state index in [9.17, 15) is 4.79 Å². The van der Waals surface area contributed by atoms with Gasteiger partial charge in [-0.15, -0.1) is 0 Å². The van der Waals surface area contributed by atoms with Crippen molar-refractivity contribution >= 4 is 34.4 Å². The molecule has 9 heteroatoms. The van der Waals surface area contributed by atoms with Crippen molar-refractivity contribution in [2.45, 2.75) is 19.4 Å². The van der Waals surface area contributed by atoms with Gasteiger partial charge in [-0.2, -0.15) is 10.1 Å². The Morgan fingerprint density at radius 3 is 2.82 bits per heavy atom. The van der Waals surface area contributed by atoms with Crippen molar-refractivity contribution in [2.75, 3.05) is 29.5 Å². The summed E-state index contributed by atoms with van der Waals surface area (Å²) in [4.78, 5) is 23.8. The van der Waals surface area contributed by atoms with Crippen LogP contribution in [-0.2, 0) is 11.3 Å². The van der Waals surface area contributed by atoms with Crippen LogP contribution in [0.3, 0.4) is 0 Å². The summed E-state index contributed by atoms with van der Waals surface area (Å²) in [6.07, 6.45) is 1.75. The minimum absolute atomic E-state index is 0.0630. The normalized spacial score (nSPS) is 16.1. The van der Waals surface area contributed by atoms with Crippen molar-refractivity contribution in [3.05, 3.63) is 60.2 Å². The molecule has 2 aromatic carbocycles. The molecule has 3 heterocycles. The van der Waals surface area contributed by atoms with Crippen LogP contribution in [0.5, 0.6) is 0 Å². The lowest BCUT2D eigenvalue weighted by Gasteiger charge is -2.33. The van der Waals surface area contributed by atoms with Gasteiger partial charge in [-0.3, -0.25) is 9.89 Å². The molecule has 1 amide bonds. The number of amides is 1. The average molecular weight is 443 g/mol. The van der Waals surface area contributed by atoms with Crippen LogP contribution in [0.4, 0.5) is 17.6 Å². The largest absolute Gasteiger partial charge is 0.382 e. The molecule has 4 aromatic rings. The van der Waals surface area contributed by atoms with Gasteiger partial charge in [-0.1, -0.05) is 36.4 Å². The summed E-state index contributed by atoms with van der Waals surface area (Å²) in [5, 5.41) is 10.9. The number of nitrogen functional groups attached to an aromatic ring is 2. The summed E-state index contributed by atoms with van der Waals surface area (Å²) in [7, 11) is 0. The van der Waals surface area contributed by atoms with Gasteiger partial charge in [0, 0.05) is 36.7 Å². The summed E-state index contributed by atoms with van der Waals surface area (Å²) in [5.41, 5.74) is 15.4. The molecule has 33 heavy (non-hydrogen) atoms. The molecule has 0 bridgehead atoms. The summed E-state index contributed by atoms with van der Waals surface area (Å²) in [6.45, 7) is 1.93. The number of carbonyl (C=O) groups excluding carboxylic acids is 1. The summed E-state index contributed by atoms with van der Waals surface area (Å²) < 4.78 is 0. The van der Waals surface area contributed by atoms with Crippen LogP contribution in [0, 0.1) is 5.92 Å². The lowest BCUT2D eigenvalue weighted by atomic mass is 9.97. The zero-order chi connectivity index (χ0) is 22.8. The van der Waals surface area contributed by atoms with Crippen molar-refractivity contribution in [3.63, 3.8) is 0 Å². The predicted octanol–water partition coefficient (Wildman–Crippen LogP) is 2.72. The number of rotatable bonds is 5. The van der Waals surface area contributed by atoms with Crippen LogP contribution in [0.1, 0.15) is 18.4 Å². The number of nitrogens with two attached hydrogens (primary N) is 2. The van der Waals surface area contributed by atoms with Crippen molar-refractivity contribution in [1.82, 2.24) is 25.5 Å². The Kier molecular flexibility index (Phi) is 5.52. The minimum atomic E-state index is -0.105. The van der Waals surface area contributed by atoms with E-state index in [1.807, 2.05) is 54.6 Å². The summed E-state index contributed by atoms with van der Waals surface area (Å²) in [6, 6.07) is 17.6. The Morgan fingerprint density at radius 1 is 1.12 bits per heavy atom. The Morgan fingerprint density at radius 2 is 1.97 bits per heavy atom. The minimum Gasteiger partial charge on any atom is -0.382 e. The Labute approximate surface area is 191 Å². The number of carbonyl (C=O) groups is 1. The van der Waals surface area contributed by atoms with E-state index in [0.29, 0.717) is 24.6 Å². The third kappa shape index (κ3) is 4.43. The third-order valence-electron chi connectivity index (χ3n) is 6.04. The number of piperidine rings is 1. The molecule has 1 aliphatic rings. The number of hydrogen-bond donors (Lipinski definition) is 4. The maximum Gasteiger partial charge on any atom is 0.225 e. The Bertz CT molecular complexity index is 1290. The van der Waals surface area contributed by atoms with Crippen LogP contribution in [0.25, 0.3) is 22.2 Å². The fourth-order valence-corrected chi connectivity index (χ4v) is 4.29. The van der Waals surface area contributed by atoms with E-state index in [1.54, 1.807) is 0 Å². The van der Waals surface area contributed by atoms with E-state index in [-0.39, 0.29) is 17.8 Å². The molecule has 2 aromatic heterocycles. The van der Waals surface area contributed by atoms with Crippen molar-refractivity contribution < 1.29 is 4.79 Å². The Balaban J connectivity index is 1.33. The number of H-pyrrole nitrogens is 1. The molecule has 5 rings (SSSR count). The first-order chi connectivity index (χ1) is 16.1. The second-order valence-electron chi connectivity index (χ2n) is 8.33. The molecule has 0 unspecified atom stereocenters. The summed E-state index contributed by atoms with van der Waals surface area (Å²) in [5.74, 6) is 1.34. The fourth-order valence-electron chi connectivity index (χ4n) is 4.29. The van der Waals surface area contributed by atoms with Crippen LogP contribution in [0.2, 0.25) is 0 Å². The van der Waals surface area contributed by atoms with Gasteiger partial charge in [0.05, 0.1) is 17.1 Å². The molecule has 6 N–H and O–H groups in total. The van der Waals surface area contributed by atoms with Crippen molar-refractivity contribution in [3.8, 4) is 11.3 Å². The highest BCUT2D eigenvalue weighted by molar-refractivity contribution is 5.91. The van der Waals surface area contributed by atoms with Crippen LogP contribution >= 0.6 is 0 Å². The first-order valence-corrected chi connectivity index (χ1v) is 11.0. The number of nitrogens with zero attached hydrogens (tertiary/aromatic N) is 4. The van der Waals surface area contributed by atoms with Gasteiger partial charge >= 0.3 is 0 Å². The molecule has 0 radical (unpaired) electrons. The zero-order valence-corrected chi connectivity index (χ0v) is 18.2. The number of aromatic nitrogens is 4. The smallest absolute Gasteiger partial charge is 0.225 e. The van der Waals surface area contributed by atoms with Gasteiger partial charge in [0.15, 0.2) is 5.82 Å². The number of benzene rings is 2. The quantitative estimate of drug-likeness (QED) is 0.373. The molecule has 1 aliphatic heterocycles. The van der Waals surface area contributed by atoms with Gasteiger partial charge in [-0.05, 0) is 30.5 Å². The van der Waals surface area contributed by atoms with E-state index < -0.39 is 0 Å². The van der Waals surface area contributed by atoms with Crippen molar-refractivity contribution in [1.29, 1.82) is 0 Å².